The van der Waals surface area contributed by atoms with Crippen LogP contribution in [0.15, 0.2) is 5.38 Å². The molecule has 2 N–H and O–H groups in total. The van der Waals surface area contributed by atoms with Gasteiger partial charge in [-0.2, -0.15) is 0 Å². The summed E-state index contributed by atoms with van der Waals surface area (Å²) in [4.78, 5) is 53.6. The van der Waals surface area contributed by atoms with Crippen LogP contribution < -0.4 is 10.9 Å². The Morgan fingerprint density at radius 2 is 1.79 bits per heavy atom. The molecule has 0 saturated carbocycles. The smallest absolute Gasteiger partial charge is 0.315 e. The summed E-state index contributed by atoms with van der Waals surface area (Å²) in [5.74, 6) is -1.84. The van der Waals surface area contributed by atoms with Crippen molar-refractivity contribution in [1.29, 1.82) is 0 Å². The lowest BCUT2D eigenvalue weighted by molar-refractivity contribution is -0.146. The second-order valence-corrected chi connectivity index (χ2v) is 8.26. The average molecular weight is 501 g/mol. The topological polar surface area (TPSA) is 145 Å². The van der Waals surface area contributed by atoms with Crippen LogP contribution in [-0.2, 0) is 33.3 Å². The summed E-state index contributed by atoms with van der Waals surface area (Å²) in [6, 6.07) is 0. The van der Waals surface area contributed by atoms with E-state index in [1.165, 1.54) is 11.3 Å². The molecule has 0 aromatic carbocycles. The molecule has 0 unspecified atom stereocenters. The van der Waals surface area contributed by atoms with E-state index in [1.54, 1.807) is 24.3 Å². The first-order chi connectivity index (χ1) is 16.4. The van der Waals surface area contributed by atoms with Gasteiger partial charge in [0.2, 0.25) is 11.8 Å². The molecule has 2 rings (SSSR count). The highest BCUT2D eigenvalue weighted by atomic mass is 32.1. The highest BCUT2D eigenvalue weighted by Crippen LogP contribution is 2.30. The fraction of sp³-hybridized carbons (Fsp3) is 0.667. The number of carbonyl (C=O) groups is 4. The number of hydrazine groups is 1. The normalized spacial score (nSPS) is 14.0. The molecular formula is C21H32N4O8S. The van der Waals surface area contributed by atoms with Crippen LogP contribution in [-0.4, -0.2) is 93.4 Å². The van der Waals surface area contributed by atoms with Crippen molar-refractivity contribution in [3.05, 3.63) is 16.1 Å². The third-order valence-electron chi connectivity index (χ3n) is 4.91. The molecule has 0 radical (unpaired) electrons. The van der Waals surface area contributed by atoms with Gasteiger partial charge in [0.15, 0.2) is 0 Å². The number of nitrogens with one attached hydrogen (secondary N) is 2. The molecule has 1 fully saturated rings. The van der Waals surface area contributed by atoms with Gasteiger partial charge >= 0.3 is 5.97 Å². The Morgan fingerprint density at radius 1 is 1.09 bits per heavy atom. The number of likely N-dealkylation sites (tertiary alicyclic amines) is 1. The van der Waals surface area contributed by atoms with Crippen LogP contribution in [0.3, 0.4) is 0 Å². The van der Waals surface area contributed by atoms with Crippen molar-refractivity contribution in [1.82, 2.24) is 20.7 Å². The van der Waals surface area contributed by atoms with Crippen LogP contribution in [0.25, 0.3) is 0 Å². The van der Waals surface area contributed by atoms with E-state index in [2.05, 4.69) is 20.6 Å². The fourth-order valence-corrected chi connectivity index (χ4v) is 4.12. The van der Waals surface area contributed by atoms with Crippen molar-refractivity contribution in [2.45, 2.75) is 32.1 Å². The Balaban J connectivity index is 1.67. The van der Waals surface area contributed by atoms with Crippen LogP contribution in [0.4, 0.5) is 0 Å². The number of hydrogen-bond acceptors (Lipinski definition) is 10. The van der Waals surface area contributed by atoms with E-state index in [9.17, 15) is 19.2 Å². The molecule has 34 heavy (non-hydrogen) atoms. The lowest BCUT2D eigenvalue weighted by atomic mass is 9.97. The molecule has 1 aromatic heterocycles. The summed E-state index contributed by atoms with van der Waals surface area (Å²) in [6.07, 6.45) is 0.981. The molecule has 0 spiro atoms. The number of methoxy groups -OCH3 is 1. The Labute approximate surface area is 202 Å². The van der Waals surface area contributed by atoms with E-state index < -0.39 is 24.2 Å². The minimum Gasteiger partial charge on any atom is -0.466 e. The second-order valence-electron chi connectivity index (χ2n) is 7.37. The van der Waals surface area contributed by atoms with Gasteiger partial charge in [-0.1, -0.05) is 0 Å². The van der Waals surface area contributed by atoms with Crippen LogP contribution in [0, 0.1) is 0 Å². The molecule has 1 aromatic rings. The van der Waals surface area contributed by atoms with Crippen molar-refractivity contribution in [2.75, 3.05) is 59.8 Å². The summed E-state index contributed by atoms with van der Waals surface area (Å²) in [6.45, 7) is 4.76. The molecule has 1 saturated heterocycles. The van der Waals surface area contributed by atoms with Gasteiger partial charge in [0, 0.05) is 31.5 Å². The molecule has 0 aliphatic carbocycles. The molecule has 0 bridgehead atoms. The highest BCUT2D eigenvalue weighted by molar-refractivity contribution is 7.09. The van der Waals surface area contributed by atoms with Crippen molar-refractivity contribution >= 4 is 35.0 Å². The Bertz CT molecular complexity index is 810. The number of aromatic nitrogens is 1. The third-order valence-corrected chi connectivity index (χ3v) is 5.91. The second kappa shape index (κ2) is 15.3. The van der Waals surface area contributed by atoms with Crippen LogP contribution in [0.1, 0.15) is 47.6 Å². The SMILES string of the molecule is CCOC(=O)CC(=O)NNC(=O)c1csc(C2CCN(C(=O)COCCOCCOC)CC2)n1. The number of esters is 1. The summed E-state index contributed by atoms with van der Waals surface area (Å²) in [7, 11) is 1.60. The molecule has 3 amide bonds. The predicted octanol–water partition coefficient (Wildman–Crippen LogP) is 0.243. The summed E-state index contributed by atoms with van der Waals surface area (Å²) >= 11 is 1.36. The van der Waals surface area contributed by atoms with Gasteiger partial charge in [-0.05, 0) is 19.8 Å². The quantitative estimate of drug-likeness (QED) is 0.168. The molecule has 1 aliphatic rings. The van der Waals surface area contributed by atoms with Crippen molar-refractivity contribution in [2.24, 2.45) is 0 Å². The first kappa shape index (κ1) is 27.6. The molecule has 1 aliphatic heterocycles. The Morgan fingerprint density at radius 3 is 2.50 bits per heavy atom. The zero-order chi connectivity index (χ0) is 24.8. The monoisotopic (exact) mass is 500 g/mol. The number of hydrogen-bond donors (Lipinski definition) is 2. The lowest BCUT2D eigenvalue weighted by Crippen LogP contribution is -2.42. The van der Waals surface area contributed by atoms with Gasteiger partial charge in [-0.25, -0.2) is 4.98 Å². The van der Waals surface area contributed by atoms with Gasteiger partial charge in [0.05, 0.1) is 38.0 Å². The highest BCUT2D eigenvalue weighted by Gasteiger charge is 2.26. The van der Waals surface area contributed by atoms with Gasteiger partial charge in [0.25, 0.3) is 5.91 Å². The first-order valence-corrected chi connectivity index (χ1v) is 11.9. The van der Waals surface area contributed by atoms with Gasteiger partial charge in [-0.15, -0.1) is 11.3 Å². The Kier molecular flexibility index (Phi) is 12.5. The maximum Gasteiger partial charge on any atom is 0.315 e. The predicted molar refractivity (Wildman–Crippen MR) is 121 cm³/mol. The molecule has 13 heteroatoms. The summed E-state index contributed by atoms with van der Waals surface area (Å²) in [5.41, 5.74) is 4.58. The third kappa shape index (κ3) is 9.71. The number of piperidine rings is 1. The van der Waals surface area contributed by atoms with Crippen LogP contribution in [0.2, 0.25) is 0 Å². The standard InChI is InChI=1S/C21H32N4O8S/c1-3-33-19(28)12-17(26)23-24-20(29)16-14-34-21(22-16)15-4-6-25(7-5-15)18(27)13-32-11-10-31-9-8-30-2/h14-15H,3-13H2,1-2H3,(H,23,26)(H,24,29). The summed E-state index contributed by atoms with van der Waals surface area (Å²) in [5, 5.41) is 2.42. The van der Waals surface area contributed by atoms with Crippen molar-refractivity contribution in [3.63, 3.8) is 0 Å². The minimum absolute atomic E-state index is 0.0156. The van der Waals surface area contributed by atoms with E-state index in [4.69, 9.17) is 14.2 Å². The van der Waals surface area contributed by atoms with E-state index in [-0.39, 0.29) is 30.7 Å². The van der Waals surface area contributed by atoms with Crippen molar-refractivity contribution in [3.8, 4) is 0 Å². The van der Waals surface area contributed by atoms with E-state index in [1.807, 2.05) is 0 Å². The van der Waals surface area contributed by atoms with E-state index >= 15 is 0 Å². The number of rotatable bonds is 13. The van der Waals surface area contributed by atoms with Gasteiger partial charge < -0.3 is 23.8 Å². The number of nitrogens with zero attached hydrogens (tertiary/aromatic N) is 2. The molecule has 12 nitrogen and oxygen atoms in total. The van der Waals surface area contributed by atoms with E-state index in [0.717, 1.165) is 17.8 Å². The van der Waals surface area contributed by atoms with Crippen LogP contribution >= 0.6 is 11.3 Å². The number of ether oxygens (including phenoxy) is 4. The molecule has 190 valence electrons. The largest absolute Gasteiger partial charge is 0.466 e. The first-order valence-electron chi connectivity index (χ1n) is 11.1. The van der Waals surface area contributed by atoms with Crippen molar-refractivity contribution < 1.29 is 38.1 Å². The molecular weight excluding hydrogens is 468 g/mol. The molecule has 0 atom stereocenters. The zero-order valence-electron chi connectivity index (χ0n) is 19.5. The number of amides is 3. The average Bonchev–Trinajstić information content (AvgIpc) is 3.32. The summed E-state index contributed by atoms with van der Waals surface area (Å²) < 4.78 is 20.2. The van der Waals surface area contributed by atoms with Crippen LogP contribution in [0.5, 0.6) is 0 Å². The Hall–Kier alpha value is -2.61. The van der Waals surface area contributed by atoms with Gasteiger partial charge in [-0.3, -0.25) is 30.0 Å². The zero-order valence-corrected chi connectivity index (χ0v) is 20.3. The maximum atomic E-state index is 12.3. The van der Waals surface area contributed by atoms with E-state index in [0.29, 0.717) is 39.5 Å². The fourth-order valence-electron chi connectivity index (χ4n) is 3.15. The minimum atomic E-state index is -0.679. The number of thiazole rings is 1. The number of carbonyl (C=O) groups excluding carboxylic acids is 4. The maximum absolute atomic E-state index is 12.3. The van der Waals surface area contributed by atoms with Gasteiger partial charge in [0.1, 0.15) is 18.7 Å². The molecule has 2 heterocycles. The lowest BCUT2D eigenvalue weighted by Gasteiger charge is -2.31.